The van der Waals surface area contributed by atoms with Crippen molar-refractivity contribution in [2.24, 2.45) is 0 Å². The van der Waals surface area contributed by atoms with Crippen LogP contribution >= 0.6 is 27.3 Å². The number of thiophene rings is 1. The zero-order valence-electron chi connectivity index (χ0n) is 11.1. The Morgan fingerprint density at radius 3 is 2.67 bits per heavy atom. The number of Topliss-reactive ketones (excluding diaryl/α,β-unsaturated/α-hetero) is 2. The lowest BCUT2D eigenvalue weighted by Crippen LogP contribution is -2.34. The van der Waals surface area contributed by atoms with Gasteiger partial charge in [-0.05, 0) is 47.1 Å². The van der Waals surface area contributed by atoms with E-state index in [0.717, 1.165) is 9.35 Å². The number of carbonyl (C=O) groups excluding carboxylic acids is 3. The molecule has 6 heteroatoms. The Labute approximate surface area is 133 Å². The summed E-state index contributed by atoms with van der Waals surface area (Å²) in [6.45, 7) is 1.74. The van der Waals surface area contributed by atoms with Gasteiger partial charge in [0.05, 0.1) is 26.5 Å². The molecule has 0 N–H and O–H groups in total. The largest absolute Gasteiger partial charge is 0.299 e. The van der Waals surface area contributed by atoms with E-state index >= 15 is 0 Å². The van der Waals surface area contributed by atoms with Gasteiger partial charge in [0.25, 0.3) is 11.7 Å². The number of anilines is 1. The fraction of sp³-hybridized carbons (Fsp3) is 0.133. The lowest BCUT2D eigenvalue weighted by Gasteiger charge is -2.15. The van der Waals surface area contributed by atoms with Gasteiger partial charge in [-0.25, -0.2) is 0 Å². The SMILES string of the molecule is Cc1ccc2c(c1)C(=O)C(=O)N2CC(=O)c1ccc(Br)s1. The summed E-state index contributed by atoms with van der Waals surface area (Å²) in [7, 11) is 0. The number of carbonyl (C=O) groups is 3. The quantitative estimate of drug-likeness (QED) is 0.621. The molecule has 2 aromatic rings. The van der Waals surface area contributed by atoms with E-state index in [1.165, 1.54) is 16.2 Å². The maximum atomic E-state index is 12.2. The van der Waals surface area contributed by atoms with Crippen molar-refractivity contribution < 1.29 is 14.4 Å². The molecule has 0 spiro atoms. The molecule has 0 radical (unpaired) electrons. The molecule has 0 aliphatic carbocycles. The predicted octanol–water partition coefficient (Wildman–Crippen LogP) is 3.23. The van der Waals surface area contributed by atoms with E-state index in [0.29, 0.717) is 16.1 Å². The zero-order chi connectivity index (χ0) is 15.1. The molecule has 106 valence electrons. The number of nitrogens with zero attached hydrogens (tertiary/aromatic N) is 1. The first-order valence-corrected chi connectivity index (χ1v) is 7.83. The molecule has 4 nitrogen and oxygen atoms in total. The lowest BCUT2D eigenvalue weighted by atomic mass is 10.1. The molecule has 0 unspecified atom stereocenters. The molecule has 0 fully saturated rings. The second kappa shape index (κ2) is 5.20. The Morgan fingerprint density at radius 2 is 2.00 bits per heavy atom. The Morgan fingerprint density at radius 1 is 1.24 bits per heavy atom. The molecular weight excluding hydrogens is 354 g/mol. The second-order valence-corrected chi connectivity index (χ2v) is 7.23. The van der Waals surface area contributed by atoms with Crippen LogP contribution in [0.5, 0.6) is 0 Å². The Bertz CT molecular complexity index is 781. The van der Waals surface area contributed by atoms with Gasteiger partial charge in [0.2, 0.25) is 0 Å². The van der Waals surface area contributed by atoms with Crippen LogP contribution in [0.3, 0.4) is 0 Å². The first-order chi connectivity index (χ1) is 9.97. The highest BCUT2D eigenvalue weighted by Gasteiger charge is 2.36. The molecular formula is C15H10BrNO3S. The molecule has 0 saturated carbocycles. The normalized spacial score (nSPS) is 13.7. The number of fused-ring (bicyclic) bond motifs is 1. The summed E-state index contributed by atoms with van der Waals surface area (Å²) < 4.78 is 0.852. The maximum absolute atomic E-state index is 12.2. The molecule has 3 rings (SSSR count). The van der Waals surface area contributed by atoms with Crippen molar-refractivity contribution >= 4 is 50.4 Å². The molecule has 2 heterocycles. The van der Waals surface area contributed by atoms with E-state index in [1.807, 2.05) is 13.0 Å². The van der Waals surface area contributed by atoms with E-state index in [-0.39, 0.29) is 12.3 Å². The minimum atomic E-state index is -0.639. The summed E-state index contributed by atoms with van der Waals surface area (Å²) in [5.74, 6) is -1.37. The first kappa shape index (κ1) is 14.2. The van der Waals surface area contributed by atoms with E-state index in [1.54, 1.807) is 24.3 Å². The van der Waals surface area contributed by atoms with Gasteiger partial charge < -0.3 is 0 Å². The Balaban J connectivity index is 1.92. The number of ketones is 2. The smallest absolute Gasteiger partial charge is 0.297 e. The standard InChI is InChI=1S/C15H10BrNO3S/c1-8-2-3-10-9(6-8)14(19)15(20)17(10)7-11(18)12-4-5-13(16)21-12/h2-6H,7H2,1H3. The molecule has 1 aliphatic heterocycles. The van der Waals surface area contributed by atoms with Gasteiger partial charge in [-0.1, -0.05) is 11.6 Å². The van der Waals surface area contributed by atoms with Crippen LogP contribution in [0.4, 0.5) is 5.69 Å². The van der Waals surface area contributed by atoms with Gasteiger partial charge in [-0.3, -0.25) is 19.3 Å². The fourth-order valence-electron chi connectivity index (χ4n) is 2.26. The highest BCUT2D eigenvalue weighted by Crippen LogP contribution is 2.30. The van der Waals surface area contributed by atoms with Crippen LogP contribution in [0, 0.1) is 6.92 Å². The first-order valence-electron chi connectivity index (χ1n) is 6.23. The van der Waals surface area contributed by atoms with Gasteiger partial charge >= 0.3 is 0 Å². The van der Waals surface area contributed by atoms with Crippen molar-refractivity contribution in [3.8, 4) is 0 Å². The molecule has 0 bridgehead atoms. The summed E-state index contributed by atoms with van der Waals surface area (Å²) in [6.07, 6.45) is 0. The number of benzene rings is 1. The van der Waals surface area contributed by atoms with Crippen molar-refractivity contribution in [2.75, 3.05) is 11.4 Å². The van der Waals surface area contributed by atoms with E-state index in [9.17, 15) is 14.4 Å². The second-order valence-electron chi connectivity index (χ2n) is 4.77. The third kappa shape index (κ3) is 2.45. The van der Waals surface area contributed by atoms with Crippen LogP contribution in [0.15, 0.2) is 34.1 Å². The van der Waals surface area contributed by atoms with Gasteiger partial charge in [0.1, 0.15) is 0 Å². The average Bonchev–Trinajstić information content (AvgIpc) is 2.97. The van der Waals surface area contributed by atoms with Gasteiger partial charge in [0.15, 0.2) is 5.78 Å². The van der Waals surface area contributed by atoms with Crippen LogP contribution in [0.25, 0.3) is 0 Å². The van der Waals surface area contributed by atoms with Crippen molar-refractivity contribution in [1.82, 2.24) is 0 Å². The molecule has 0 saturated heterocycles. The minimum Gasteiger partial charge on any atom is -0.297 e. The highest BCUT2D eigenvalue weighted by atomic mass is 79.9. The van der Waals surface area contributed by atoms with Crippen molar-refractivity contribution in [3.05, 3.63) is 50.1 Å². The van der Waals surface area contributed by atoms with E-state index < -0.39 is 11.7 Å². The van der Waals surface area contributed by atoms with E-state index in [4.69, 9.17) is 0 Å². The minimum absolute atomic E-state index is 0.117. The monoisotopic (exact) mass is 363 g/mol. The number of halogens is 1. The van der Waals surface area contributed by atoms with E-state index in [2.05, 4.69) is 15.9 Å². The topological polar surface area (TPSA) is 54.5 Å². The summed E-state index contributed by atoms with van der Waals surface area (Å²) in [5, 5.41) is 0. The molecule has 1 aromatic heterocycles. The third-order valence-electron chi connectivity index (χ3n) is 3.28. The summed E-state index contributed by atoms with van der Waals surface area (Å²) in [4.78, 5) is 38.1. The zero-order valence-corrected chi connectivity index (χ0v) is 13.5. The lowest BCUT2D eigenvalue weighted by molar-refractivity contribution is -0.114. The van der Waals surface area contributed by atoms with Gasteiger partial charge in [-0.2, -0.15) is 0 Å². The summed E-state index contributed by atoms with van der Waals surface area (Å²) in [6, 6.07) is 8.71. The van der Waals surface area contributed by atoms with Crippen molar-refractivity contribution in [1.29, 1.82) is 0 Å². The summed E-state index contributed by atoms with van der Waals surface area (Å²) >= 11 is 4.61. The molecule has 21 heavy (non-hydrogen) atoms. The average molecular weight is 364 g/mol. The number of aryl methyl sites for hydroxylation is 1. The number of hydrogen-bond donors (Lipinski definition) is 0. The third-order valence-corrected chi connectivity index (χ3v) is 4.94. The Hall–Kier alpha value is -1.79. The number of rotatable bonds is 3. The van der Waals surface area contributed by atoms with Gasteiger partial charge in [0, 0.05) is 0 Å². The Kier molecular flexibility index (Phi) is 3.51. The van der Waals surface area contributed by atoms with Gasteiger partial charge in [-0.15, -0.1) is 11.3 Å². The molecule has 1 aliphatic rings. The maximum Gasteiger partial charge on any atom is 0.299 e. The van der Waals surface area contributed by atoms with Crippen LogP contribution in [0.2, 0.25) is 0 Å². The predicted molar refractivity (Wildman–Crippen MR) is 84.2 cm³/mol. The van der Waals surface area contributed by atoms with Crippen LogP contribution in [-0.2, 0) is 4.79 Å². The number of hydrogen-bond acceptors (Lipinski definition) is 4. The van der Waals surface area contributed by atoms with Crippen LogP contribution < -0.4 is 4.90 Å². The number of amides is 1. The molecule has 1 amide bonds. The summed E-state index contributed by atoms with van der Waals surface area (Å²) in [5.41, 5.74) is 1.80. The fourth-order valence-corrected chi connectivity index (χ4v) is 3.57. The molecule has 1 aromatic carbocycles. The van der Waals surface area contributed by atoms with Crippen molar-refractivity contribution in [3.63, 3.8) is 0 Å². The van der Waals surface area contributed by atoms with Crippen LogP contribution in [0.1, 0.15) is 25.6 Å². The molecule has 0 atom stereocenters. The van der Waals surface area contributed by atoms with Crippen LogP contribution in [-0.4, -0.2) is 24.0 Å². The highest BCUT2D eigenvalue weighted by molar-refractivity contribution is 9.11. The van der Waals surface area contributed by atoms with Crippen molar-refractivity contribution in [2.45, 2.75) is 6.92 Å².